The van der Waals surface area contributed by atoms with Gasteiger partial charge in [0.05, 0.1) is 5.69 Å². The van der Waals surface area contributed by atoms with Gasteiger partial charge < -0.3 is 5.32 Å². The minimum Gasteiger partial charge on any atom is -0.352 e. The van der Waals surface area contributed by atoms with E-state index in [1.54, 1.807) is 14.0 Å². The summed E-state index contributed by atoms with van der Waals surface area (Å²) in [7, 11) is 1.58. The maximum Gasteiger partial charge on any atom is 0.279 e. The van der Waals surface area contributed by atoms with Crippen molar-refractivity contribution in [2.45, 2.75) is 46.5 Å². The van der Waals surface area contributed by atoms with Gasteiger partial charge in [-0.15, -0.1) is 0 Å². The highest BCUT2D eigenvalue weighted by molar-refractivity contribution is 5.95. The molecule has 1 aliphatic rings. The number of aromatic nitrogens is 2. The summed E-state index contributed by atoms with van der Waals surface area (Å²) < 4.78 is 1.24. The largest absolute Gasteiger partial charge is 0.352 e. The third-order valence-corrected chi connectivity index (χ3v) is 4.55. The van der Waals surface area contributed by atoms with Crippen LogP contribution in [0.1, 0.15) is 54.2 Å². The van der Waals surface area contributed by atoms with E-state index in [0.29, 0.717) is 23.7 Å². The van der Waals surface area contributed by atoms with Crippen molar-refractivity contribution in [3.05, 3.63) is 27.2 Å². The number of hydrogen-bond acceptors (Lipinski definition) is 3. The average molecular weight is 291 g/mol. The summed E-state index contributed by atoms with van der Waals surface area (Å²) in [6.45, 7) is 6.52. The molecule has 5 nitrogen and oxygen atoms in total. The quantitative estimate of drug-likeness (QED) is 0.926. The number of carbonyl (C=O) groups is 1. The molecule has 1 amide bonds. The standard InChI is InChI=1S/C16H25N3O2/c1-10-6-5-7-13(8-10)9-17-15(20)14-11(2)12(3)18-19(4)16(14)21/h10,13H,5-9H2,1-4H3,(H,17,20)/t10-,13+/m0/s1. The molecule has 116 valence electrons. The van der Waals surface area contributed by atoms with Gasteiger partial charge in [-0.05, 0) is 44.1 Å². The van der Waals surface area contributed by atoms with Crippen molar-refractivity contribution < 1.29 is 4.79 Å². The highest BCUT2D eigenvalue weighted by atomic mass is 16.2. The molecule has 21 heavy (non-hydrogen) atoms. The molecule has 2 atom stereocenters. The van der Waals surface area contributed by atoms with E-state index in [1.165, 1.54) is 17.5 Å². The number of aryl methyl sites for hydroxylation is 2. The van der Waals surface area contributed by atoms with Crippen molar-refractivity contribution in [3.8, 4) is 0 Å². The summed E-state index contributed by atoms with van der Waals surface area (Å²) >= 11 is 0. The lowest BCUT2D eigenvalue weighted by molar-refractivity contribution is 0.0937. The fourth-order valence-corrected chi connectivity index (χ4v) is 3.19. The molecule has 1 aromatic heterocycles. The van der Waals surface area contributed by atoms with Crippen molar-refractivity contribution in [1.82, 2.24) is 15.1 Å². The monoisotopic (exact) mass is 291 g/mol. The zero-order valence-corrected chi connectivity index (χ0v) is 13.4. The number of nitrogens with one attached hydrogen (secondary N) is 1. The van der Waals surface area contributed by atoms with Crippen LogP contribution in [-0.2, 0) is 7.05 Å². The van der Waals surface area contributed by atoms with Gasteiger partial charge in [-0.3, -0.25) is 9.59 Å². The molecule has 0 aromatic carbocycles. The van der Waals surface area contributed by atoms with Crippen molar-refractivity contribution in [2.24, 2.45) is 18.9 Å². The zero-order chi connectivity index (χ0) is 15.6. The molecular formula is C16H25N3O2. The van der Waals surface area contributed by atoms with E-state index < -0.39 is 0 Å². The molecule has 2 rings (SSSR count). The second-order valence-electron chi connectivity index (χ2n) is 6.36. The Hall–Kier alpha value is -1.65. The van der Waals surface area contributed by atoms with E-state index in [1.807, 2.05) is 6.92 Å². The predicted molar refractivity (Wildman–Crippen MR) is 82.4 cm³/mol. The second kappa shape index (κ2) is 6.41. The van der Waals surface area contributed by atoms with Crippen LogP contribution in [0.3, 0.4) is 0 Å². The Morgan fingerprint density at radius 2 is 2.10 bits per heavy atom. The molecule has 5 heteroatoms. The maximum atomic E-state index is 12.4. The molecule has 0 saturated heterocycles. The fourth-order valence-electron chi connectivity index (χ4n) is 3.19. The van der Waals surface area contributed by atoms with Crippen LogP contribution in [0.15, 0.2) is 4.79 Å². The number of rotatable bonds is 3. The van der Waals surface area contributed by atoms with Crippen LogP contribution >= 0.6 is 0 Å². The van der Waals surface area contributed by atoms with Crippen LogP contribution in [-0.4, -0.2) is 22.2 Å². The highest BCUT2D eigenvalue weighted by Crippen LogP contribution is 2.27. The van der Waals surface area contributed by atoms with Crippen LogP contribution in [0, 0.1) is 25.7 Å². The summed E-state index contributed by atoms with van der Waals surface area (Å²) in [4.78, 5) is 24.5. The first-order valence-electron chi connectivity index (χ1n) is 7.72. The minimum absolute atomic E-state index is 0.230. The number of nitrogens with zero attached hydrogens (tertiary/aromatic N) is 2. The predicted octanol–water partition coefficient (Wildman–Crippen LogP) is 1.95. The van der Waals surface area contributed by atoms with E-state index in [-0.39, 0.29) is 17.0 Å². The first kappa shape index (κ1) is 15.7. The van der Waals surface area contributed by atoms with Crippen molar-refractivity contribution in [1.29, 1.82) is 0 Å². The third-order valence-electron chi connectivity index (χ3n) is 4.55. The van der Waals surface area contributed by atoms with Crippen LogP contribution < -0.4 is 10.9 Å². The van der Waals surface area contributed by atoms with E-state index in [0.717, 1.165) is 18.8 Å². The molecule has 0 bridgehead atoms. The normalized spacial score (nSPS) is 22.1. The van der Waals surface area contributed by atoms with Gasteiger partial charge >= 0.3 is 0 Å². The number of hydrogen-bond donors (Lipinski definition) is 1. The lowest BCUT2D eigenvalue weighted by atomic mass is 9.82. The Labute approximate surface area is 125 Å². The molecule has 1 aliphatic carbocycles. The lowest BCUT2D eigenvalue weighted by Gasteiger charge is -2.26. The van der Waals surface area contributed by atoms with Gasteiger partial charge in [0.2, 0.25) is 0 Å². The Balaban J connectivity index is 2.09. The molecule has 1 N–H and O–H groups in total. The fraction of sp³-hybridized carbons (Fsp3) is 0.688. The van der Waals surface area contributed by atoms with Crippen LogP contribution in [0.2, 0.25) is 0 Å². The lowest BCUT2D eigenvalue weighted by Crippen LogP contribution is -2.37. The van der Waals surface area contributed by atoms with Gasteiger partial charge in [0.1, 0.15) is 5.56 Å². The van der Waals surface area contributed by atoms with Gasteiger partial charge in [-0.2, -0.15) is 5.10 Å². The van der Waals surface area contributed by atoms with E-state index in [2.05, 4.69) is 17.3 Å². The first-order valence-corrected chi connectivity index (χ1v) is 7.72. The van der Waals surface area contributed by atoms with Crippen LogP contribution in [0.25, 0.3) is 0 Å². The SMILES string of the molecule is Cc1nn(C)c(=O)c(C(=O)NC[C@@H]2CCC[C@H](C)C2)c1C. The van der Waals surface area contributed by atoms with Gasteiger partial charge in [0.25, 0.3) is 11.5 Å². The van der Waals surface area contributed by atoms with Gasteiger partial charge in [0.15, 0.2) is 0 Å². The van der Waals surface area contributed by atoms with Crippen molar-refractivity contribution >= 4 is 5.91 Å². The van der Waals surface area contributed by atoms with Gasteiger partial charge in [0, 0.05) is 13.6 Å². The number of carbonyl (C=O) groups excluding carboxylic acids is 1. The summed E-state index contributed by atoms with van der Waals surface area (Å²) in [5.74, 6) is 1.00. The smallest absolute Gasteiger partial charge is 0.279 e. The van der Waals surface area contributed by atoms with Crippen molar-refractivity contribution in [2.75, 3.05) is 6.54 Å². The van der Waals surface area contributed by atoms with E-state index in [9.17, 15) is 9.59 Å². The molecule has 1 aromatic rings. The Bertz CT molecular complexity index is 592. The highest BCUT2D eigenvalue weighted by Gasteiger charge is 2.22. The Kier molecular flexibility index (Phi) is 4.80. The topological polar surface area (TPSA) is 64.0 Å². The zero-order valence-electron chi connectivity index (χ0n) is 13.4. The van der Waals surface area contributed by atoms with E-state index in [4.69, 9.17) is 0 Å². The molecule has 0 aliphatic heterocycles. The van der Waals surface area contributed by atoms with Crippen LogP contribution in [0.4, 0.5) is 0 Å². The molecule has 1 fully saturated rings. The third kappa shape index (κ3) is 3.52. The average Bonchev–Trinajstić information content (AvgIpc) is 2.43. The summed E-state index contributed by atoms with van der Waals surface area (Å²) in [6.07, 6.45) is 4.84. The molecule has 0 radical (unpaired) electrons. The summed E-state index contributed by atoms with van der Waals surface area (Å²) in [5.41, 5.74) is 1.29. The van der Waals surface area contributed by atoms with Crippen molar-refractivity contribution in [3.63, 3.8) is 0 Å². The second-order valence-corrected chi connectivity index (χ2v) is 6.36. The first-order chi connectivity index (χ1) is 9.90. The number of amides is 1. The Morgan fingerprint density at radius 3 is 2.76 bits per heavy atom. The van der Waals surface area contributed by atoms with Gasteiger partial charge in [-0.1, -0.05) is 19.8 Å². The van der Waals surface area contributed by atoms with Crippen LogP contribution in [0.5, 0.6) is 0 Å². The molecule has 1 saturated carbocycles. The maximum absolute atomic E-state index is 12.4. The summed E-state index contributed by atoms with van der Waals surface area (Å²) in [6, 6.07) is 0. The molecular weight excluding hydrogens is 266 g/mol. The van der Waals surface area contributed by atoms with E-state index >= 15 is 0 Å². The molecule has 1 heterocycles. The minimum atomic E-state index is -0.326. The molecule has 0 spiro atoms. The Morgan fingerprint density at radius 1 is 1.38 bits per heavy atom. The summed E-state index contributed by atoms with van der Waals surface area (Å²) in [5, 5.41) is 7.05. The molecule has 0 unspecified atom stereocenters. The van der Waals surface area contributed by atoms with Gasteiger partial charge in [-0.25, -0.2) is 4.68 Å².